The Hall–Kier alpha value is -1.30. The second kappa shape index (κ2) is 5.14. The van der Waals surface area contributed by atoms with Gasteiger partial charge in [0.05, 0.1) is 18.1 Å². The van der Waals surface area contributed by atoms with Crippen LogP contribution in [0.3, 0.4) is 0 Å². The topological polar surface area (TPSA) is 89.9 Å². The van der Waals surface area contributed by atoms with Crippen LogP contribution in [-0.2, 0) is 4.79 Å². The standard InChI is InChI=1S/C12H20N2O4/c15-9-3-1-6-14(8-9)11(18)13-12(4-2-5-12)7-10(16)17/h9,15H,1-8H2,(H,13,18)(H,16,17). The van der Waals surface area contributed by atoms with Crippen LogP contribution in [0.1, 0.15) is 38.5 Å². The monoisotopic (exact) mass is 256 g/mol. The van der Waals surface area contributed by atoms with Crippen molar-refractivity contribution in [2.24, 2.45) is 0 Å². The molecule has 0 radical (unpaired) electrons. The van der Waals surface area contributed by atoms with E-state index in [1.54, 1.807) is 4.90 Å². The first kappa shape index (κ1) is 13.1. The van der Waals surface area contributed by atoms with Crippen molar-refractivity contribution in [3.63, 3.8) is 0 Å². The van der Waals surface area contributed by atoms with Gasteiger partial charge in [0.15, 0.2) is 0 Å². The van der Waals surface area contributed by atoms with Gasteiger partial charge in [0.25, 0.3) is 0 Å². The summed E-state index contributed by atoms with van der Waals surface area (Å²) in [5.41, 5.74) is -0.564. The number of aliphatic hydroxyl groups excluding tert-OH is 1. The lowest BCUT2D eigenvalue weighted by Crippen LogP contribution is -2.59. The van der Waals surface area contributed by atoms with Crippen LogP contribution in [-0.4, -0.2) is 51.8 Å². The zero-order chi connectivity index (χ0) is 13.2. The Balaban J connectivity index is 1.91. The molecule has 6 nitrogen and oxygen atoms in total. The number of likely N-dealkylation sites (tertiary alicyclic amines) is 1. The molecule has 102 valence electrons. The van der Waals surface area contributed by atoms with Gasteiger partial charge in [-0.2, -0.15) is 0 Å². The minimum atomic E-state index is -0.881. The summed E-state index contributed by atoms with van der Waals surface area (Å²) < 4.78 is 0. The van der Waals surface area contributed by atoms with Crippen LogP contribution in [0.2, 0.25) is 0 Å². The fraction of sp³-hybridized carbons (Fsp3) is 0.833. The number of aliphatic hydroxyl groups is 1. The molecule has 1 atom stereocenters. The van der Waals surface area contributed by atoms with Crippen LogP contribution in [0, 0.1) is 0 Å². The minimum absolute atomic E-state index is 0.0187. The van der Waals surface area contributed by atoms with Gasteiger partial charge in [-0.1, -0.05) is 0 Å². The molecule has 1 heterocycles. The van der Waals surface area contributed by atoms with Crippen molar-refractivity contribution in [1.29, 1.82) is 0 Å². The van der Waals surface area contributed by atoms with E-state index in [0.29, 0.717) is 13.1 Å². The molecule has 3 N–H and O–H groups in total. The number of hydrogen-bond acceptors (Lipinski definition) is 3. The maximum atomic E-state index is 12.0. The van der Waals surface area contributed by atoms with Crippen LogP contribution >= 0.6 is 0 Å². The van der Waals surface area contributed by atoms with Gasteiger partial charge in [-0.15, -0.1) is 0 Å². The van der Waals surface area contributed by atoms with E-state index in [-0.39, 0.29) is 12.5 Å². The Labute approximate surface area is 106 Å². The number of hydrogen-bond donors (Lipinski definition) is 3. The maximum absolute atomic E-state index is 12.0. The molecule has 18 heavy (non-hydrogen) atoms. The quantitative estimate of drug-likeness (QED) is 0.688. The average Bonchev–Trinajstić information content (AvgIpc) is 2.25. The van der Waals surface area contributed by atoms with Crippen molar-refractivity contribution in [3.8, 4) is 0 Å². The van der Waals surface area contributed by atoms with Crippen LogP contribution in [0.15, 0.2) is 0 Å². The van der Waals surface area contributed by atoms with E-state index in [1.807, 2.05) is 0 Å². The van der Waals surface area contributed by atoms with Crippen molar-refractivity contribution in [1.82, 2.24) is 10.2 Å². The van der Waals surface area contributed by atoms with Gasteiger partial charge in [0, 0.05) is 13.1 Å². The van der Waals surface area contributed by atoms with Crippen molar-refractivity contribution >= 4 is 12.0 Å². The predicted octanol–water partition coefficient (Wildman–Crippen LogP) is 0.550. The average molecular weight is 256 g/mol. The molecule has 2 fully saturated rings. The number of nitrogens with zero attached hydrogens (tertiary/aromatic N) is 1. The van der Waals surface area contributed by atoms with Crippen LogP contribution in [0.25, 0.3) is 0 Å². The van der Waals surface area contributed by atoms with Crippen molar-refractivity contribution < 1.29 is 19.8 Å². The van der Waals surface area contributed by atoms with Crippen LogP contribution in [0.5, 0.6) is 0 Å². The predicted molar refractivity (Wildman–Crippen MR) is 64.2 cm³/mol. The molecule has 1 saturated heterocycles. The molecule has 6 heteroatoms. The number of carbonyl (C=O) groups excluding carboxylic acids is 1. The summed E-state index contributed by atoms with van der Waals surface area (Å²) >= 11 is 0. The SMILES string of the molecule is O=C(O)CC1(NC(=O)N2CCCC(O)C2)CCC1. The highest BCUT2D eigenvalue weighted by molar-refractivity contribution is 5.77. The minimum Gasteiger partial charge on any atom is -0.481 e. The number of β-amino-alcohol motifs (C(OH)–C–C–N with tert-alkyl or cyclic N) is 1. The summed E-state index contributed by atoms with van der Waals surface area (Å²) in [6.45, 7) is 0.973. The zero-order valence-electron chi connectivity index (χ0n) is 10.4. The smallest absolute Gasteiger partial charge is 0.317 e. The van der Waals surface area contributed by atoms with Crippen molar-refractivity contribution in [3.05, 3.63) is 0 Å². The number of carboxylic acid groups (broad SMARTS) is 1. The Bertz CT molecular complexity index is 341. The summed E-state index contributed by atoms with van der Waals surface area (Å²) in [5, 5.41) is 21.2. The number of aliphatic carboxylic acids is 1. The molecular formula is C12H20N2O4. The fourth-order valence-electron chi connectivity index (χ4n) is 2.68. The molecule has 0 aromatic heterocycles. The van der Waals surface area contributed by atoms with Gasteiger partial charge in [-0.05, 0) is 32.1 Å². The highest BCUT2D eigenvalue weighted by Gasteiger charge is 2.41. The third kappa shape index (κ3) is 2.93. The number of piperidine rings is 1. The van der Waals surface area contributed by atoms with E-state index < -0.39 is 17.6 Å². The lowest BCUT2D eigenvalue weighted by Gasteiger charge is -2.43. The van der Waals surface area contributed by atoms with E-state index in [9.17, 15) is 14.7 Å². The second-order valence-corrected chi connectivity index (χ2v) is 5.38. The van der Waals surface area contributed by atoms with E-state index in [1.165, 1.54) is 0 Å². The Morgan fingerprint density at radius 1 is 1.33 bits per heavy atom. The van der Waals surface area contributed by atoms with Crippen molar-refractivity contribution in [2.45, 2.75) is 50.2 Å². The third-order valence-electron chi connectivity index (χ3n) is 3.86. The number of urea groups is 1. The molecule has 1 aliphatic carbocycles. The number of rotatable bonds is 3. The van der Waals surface area contributed by atoms with E-state index in [4.69, 9.17) is 5.11 Å². The molecule has 0 bridgehead atoms. The summed E-state index contributed by atoms with van der Waals surface area (Å²) in [4.78, 5) is 24.4. The molecule has 0 aromatic rings. The number of amides is 2. The highest BCUT2D eigenvalue weighted by atomic mass is 16.4. The number of nitrogens with one attached hydrogen (secondary N) is 1. The van der Waals surface area contributed by atoms with Gasteiger partial charge in [0.1, 0.15) is 0 Å². The van der Waals surface area contributed by atoms with E-state index in [2.05, 4.69) is 5.32 Å². The summed E-state index contributed by atoms with van der Waals surface area (Å²) in [5.74, 6) is -0.881. The van der Waals surface area contributed by atoms with E-state index >= 15 is 0 Å². The van der Waals surface area contributed by atoms with Gasteiger partial charge < -0.3 is 20.4 Å². The van der Waals surface area contributed by atoms with Gasteiger partial charge in [0.2, 0.25) is 0 Å². The molecule has 2 amide bonds. The molecule has 0 spiro atoms. The summed E-state index contributed by atoms with van der Waals surface area (Å²) in [7, 11) is 0. The molecule has 2 rings (SSSR count). The summed E-state index contributed by atoms with van der Waals surface area (Å²) in [6, 6.07) is -0.241. The molecule has 2 aliphatic rings. The highest BCUT2D eigenvalue weighted by Crippen LogP contribution is 2.35. The zero-order valence-corrected chi connectivity index (χ0v) is 10.4. The van der Waals surface area contributed by atoms with Gasteiger partial charge >= 0.3 is 12.0 Å². The Morgan fingerprint density at radius 2 is 2.06 bits per heavy atom. The number of carbonyl (C=O) groups is 2. The first-order chi connectivity index (χ1) is 8.51. The van der Waals surface area contributed by atoms with Gasteiger partial charge in [-0.25, -0.2) is 4.79 Å². The normalized spacial score (nSPS) is 26.3. The number of carboxylic acids is 1. The van der Waals surface area contributed by atoms with Gasteiger partial charge in [-0.3, -0.25) is 4.79 Å². The van der Waals surface area contributed by atoms with Crippen LogP contribution in [0.4, 0.5) is 4.79 Å². The molecule has 1 unspecified atom stereocenters. The van der Waals surface area contributed by atoms with Crippen molar-refractivity contribution in [2.75, 3.05) is 13.1 Å². The largest absolute Gasteiger partial charge is 0.481 e. The molecular weight excluding hydrogens is 236 g/mol. The fourth-order valence-corrected chi connectivity index (χ4v) is 2.68. The maximum Gasteiger partial charge on any atom is 0.317 e. The Kier molecular flexibility index (Phi) is 3.75. The third-order valence-corrected chi connectivity index (χ3v) is 3.86. The lowest BCUT2D eigenvalue weighted by atomic mass is 9.74. The first-order valence-corrected chi connectivity index (χ1v) is 6.48. The Morgan fingerprint density at radius 3 is 2.56 bits per heavy atom. The van der Waals surface area contributed by atoms with Crippen LogP contribution < -0.4 is 5.32 Å². The summed E-state index contributed by atoms with van der Waals surface area (Å²) in [6.07, 6.45) is 3.44. The molecule has 1 saturated carbocycles. The molecule has 0 aromatic carbocycles. The van der Waals surface area contributed by atoms with E-state index in [0.717, 1.165) is 32.1 Å². The second-order valence-electron chi connectivity index (χ2n) is 5.38. The molecule has 1 aliphatic heterocycles. The first-order valence-electron chi connectivity index (χ1n) is 6.48. The lowest BCUT2D eigenvalue weighted by molar-refractivity contribution is -0.139.